The van der Waals surface area contributed by atoms with Crippen LogP contribution in [0.4, 0.5) is 0 Å². The van der Waals surface area contributed by atoms with Gasteiger partial charge in [-0.1, -0.05) is 156 Å². The van der Waals surface area contributed by atoms with Crippen molar-refractivity contribution in [3.8, 4) is 0 Å². The first kappa shape index (κ1) is 32.0. The molecule has 1 heteroatoms. The molecule has 0 spiro atoms. The minimum absolute atomic E-state index is 0.868. The highest BCUT2D eigenvalue weighted by atomic mass is 15.1. The van der Waals surface area contributed by atoms with Crippen LogP contribution in [-0.2, 0) is 0 Å². The van der Waals surface area contributed by atoms with E-state index in [2.05, 4.69) is 32.6 Å². The van der Waals surface area contributed by atoms with Crippen LogP contribution >= 0.6 is 0 Å². The Morgan fingerprint density at radius 1 is 0.375 bits per heavy atom. The van der Waals surface area contributed by atoms with Gasteiger partial charge in [-0.05, 0) is 44.8 Å². The summed E-state index contributed by atoms with van der Waals surface area (Å²) in [5.74, 6) is 0.868. The quantitative estimate of drug-likeness (QED) is 0.112. The van der Waals surface area contributed by atoms with Crippen molar-refractivity contribution >= 4 is 0 Å². The zero-order valence-corrected chi connectivity index (χ0v) is 23.4. The van der Waals surface area contributed by atoms with Crippen molar-refractivity contribution in [2.45, 2.75) is 175 Å². The number of hydrogen-bond acceptors (Lipinski definition) is 1. The number of rotatable bonds is 27. The molecule has 0 aromatic heterocycles. The second-order valence-corrected chi connectivity index (χ2v) is 11.1. The van der Waals surface area contributed by atoms with E-state index in [1.165, 1.54) is 167 Å². The van der Waals surface area contributed by atoms with Gasteiger partial charge in [-0.25, -0.2) is 0 Å². The molecule has 0 fully saturated rings. The maximum atomic E-state index is 2.82. The van der Waals surface area contributed by atoms with Crippen molar-refractivity contribution in [2.75, 3.05) is 19.6 Å². The molecule has 0 N–H and O–H groups in total. The minimum Gasteiger partial charge on any atom is -0.303 e. The third-order valence-corrected chi connectivity index (χ3v) is 7.16. The third-order valence-electron chi connectivity index (χ3n) is 7.16. The molecule has 0 aromatic rings. The van der Waals surface area contributed by atoms with Crippen molar-refractivity contribution in [3.63, 3.8) is 0 Å². The normalized spacial score (nSPS) is 11.8. The van der Waals surface area contributed by atoms with Crippen LogP contribution in [0.3, 0.4) is 0 Å². The Bertz CT molecular complexity index is 300. The van der Waals surface area contributed by atoms with Gasteiger partial charge in [-0.15, -0.1) is 0 Å². The zero-order chi connectivity index (χ0) is 23.5. The van der Waals surface area contributed by atoms with Gasteiger partial charge in [0.1, 0.15) is 0 Å². The van der Waals surface area contributed by atoms with Gasteiger partial charge in [0.05, 0.1) is 0 Å². The molecule has 0 bridgehead atoms. The number of hydrogen-bond donors (Lipinski definition) is 0. The maximum Gasteiger partial charge on any atom is -0.00187 e. The fourth-order valence-electron chi connectivity index (χ4n) is 4.87. The Balaban J connectivity index is 3.76. The summed E-state index contributed by atoms with van der Waals surface area (Å²) in [6.45, 7) is 13.4. The van der Waals surface area contributed by atoms with Crippen molar-refractivity contribution in [1.82, 2.24) is 4.90 Å². The summed E-state index contributed by atoms with van der Waals surface area (Å²) in [5, 5.41) is 0. The summed E-state index contributed by atoms with van der Waals surface area (Å²) in [6.07, 6.45) is 33.2. The minimum atomic E-state index is 0.868. The van der Waals surface area contributed by atoms with Gasteiger partial charge < -0.3 is 4.90 Å². The molecule has 32 heavy (non-hydrogen) atoms. The molecule has 0 radical (unpaired) electrons. The largest absolute Gasteiger partial charge is 0.303 e. The average molecular weight is 452 g/mol. The van der Waals surface area contributed by atoms with Crippen LogP contribution in [0.15, 0.2) is 0 Å². The molecule has 0 amide bonds. The molecule has 0 aliphatic heterocycles. The molecular weight excluding hydrogens is 386 g/mol. The standard InChI is InChI=1S/C31H65N/c1-5-7-9-11-13-15-17-19-21-24-28-32(30-26-23-27-31(3)4)29-25-22-20-18-16-14-12-10-8-6-2/h31H,5-30H2,1-4H3. The molecule has 0 aliphatic rings. The van der Waals surface area contributed by atoms with E-state index >= 15 is 0 Å². The first-order valence-electron chi connectivity index (χ1n) is 15.4. The van der Waals surface area contributed by atoms with Crippen molar-refractivity contribution in [3.05, 3.63) is 0 Å². The first-order chi connectivity index (χ1) is 15.7. The van der Waals surface area contributed by atoms with Gasteiger partial charge in [0.25, 0.3) is 0 Å². The van der Waals surface area contributed by atoms with Crippen LogP contribution in [0, 0.1) is 5.92 Å². The lowest BCUT2D eigenvalue weighted by Crippen LogP contribution is -2.27. The van der Waals surface area contributed by atoms with E-state index in [0.717, 1.165) is 5.92 Å². The molecule has 0 aromatic carbocycles. The molecule has 1 nitrogen and oxygen atoms in total. The Labute approximate surface area is 205 Å². The van der Waals surface area contributed by atoms with Gasteiger partial charge in [0.2, 0.25) is 0 Å². The molecule has 0 heterocycles. The lowest BCUT2D eigenvalue weighted by atomic mass is 10.0. The van der Waals surface area contributed by atoms with E-state index in [4.69, 9.17) is 0 Å². The monoisotopic (exact) mass is 452 g/mol. The summed E-state index contributed by atoms with van der Waals surface area (Å²) < 4.78 is 0. The highest BCUT2D eigenvalue weighted by Crippen LogP contribution is 2.14. The van der Waals surface area contributed by atoms with Gasteiger partial charge in [0.15, 0.2) is 0 Å². The first-order valence-corrected chi connectivity index (χ1v) is 15.4. The smallest absolute Gasteiger partial charge is 0.00187 e. The molecular formula is C31H65N. The highest BCUT2D eigenvalue weighted by molar-refractivity contribution is 4.61. The second-order valence-electron chi connectivity index (χ2n) is 11.1. The Kier molecular flexibility index (Phi) is 27.2. The SMILES string of the molecule is CCCCCCCCCCCCN(CCCCCCCCCCCC)CCCCC(C)C. The van der Waals surface area contributed by atoms with Crippen LogP contribution < -0.4 is 0 Å². The highest BCUT2D eigenvalue weighted by Gasteiger charge is 2.05. The average Bonchev–Trinajstić information content (AvgIpc) is 2.78. The molecule has 0 saturated carbocycles. The fraction of sp³-hybridized carbons (Fsp3) is 1.00. The van der Waals surface area contributed by atoms with Gasteiger partial charge >= 0.3 is 0 Å². The van der Waals surface area contributed by atoms with E-state index in [0.29, 0.717) is 0 Å². The van der Waals surface area contributed by atoms with Crippen molar-refractivity contribution in [2.24, 2.45) is 5.92 Å². The predicted octanol–water partition coefficient (Wildman–Crippen LogP) is 11.0. The van der Waals surface area contributed by atoms with Gasteiger partial charge in [-0.3, -0.25) is 0 Å². The summed E-state index contributed by atoms with van der Waals surface area (Å²) in [7, 11) is 0. The van der Waals surface area contributed by atoms with E-state index < -0.39 is 0 Å². The van der Waals surface area contributed by atoms with E-state index in [1.54, 1.807) is 0 Å². The molecule has 0 saturated heterocycles. The van der Waals surface area contributed by atoms with E-state index in [-0.39, 0.29) is 0 Å². The van der Waals surface area contributed by atoms with Crippen LogP contribution in [0.25, 0.3) is 0 Å². The zero-order valence-electron chi connectivity index (χ0n) is 23.4. The van der Waals surface area contributed by atoms with Crippen LogP contribution in [0.2, 0.25) is 0 Å². The molecule has 194 valence electrons. The van der Waals surface area contributed by atoms with Crippen molar-refractivity contribution < 1.29 is 0 Å². The lowest BCUT2D eigenvalue weighted by molar-refractivity contribution is 0.252. The Morgan fingerprint density at radius 3 is 0.969 bits per heavy atom. The van der Waals surface area contributed by atoms with Gasteiger partial charge in [0, 0.05) is 0 Å². The number of nitrogens with zero attached hydrogens (tertiary/aromatic N) is 1. The topological polar surface area (TPSA) is 3.24 Å². The predicted molar refractivity (Wildman–Crippen MR) is 149 cm³/mol. The van der Waals surface area contributed by atoms with E-state index in [1.807, 2.05) is 0 Å². The van der Waals surface area contributed by atoms with Crippen molar-refractivity contribution in [1.29, 1.82) is 0 Å². The van der Waals surface area contributed by atoms with Crippen LogP contribution in [0.1, 0.15) is 175 Å². The molecule has 0 aliphatic carbocycles. The Morgan fingerprint density at radius 2 is 0.656 bits per heavy atom. The molecule has 0 unspecified atom stereocenters. The van der Waals surface area contributed by atoms with E-state index in [9.17, 15) is 0 Å². The van der Waals surface area contributed by atoms with Crippen LogP contribution in [0.5, 0.6) is 0 Å². The molecule has 0 rings (SSSR count). The third kappa shape index (κ3) is 26.2. The summed E-state index contributed by atoms with van der Waals surface area (Å²) in [5.41, 5.74) is 0. The number of unbranched alkanes of at least 4 members (excludes halogenated alkanes) is 19. The Hall–Kier alpha value is -0.0400. The second kappa shape index (κ2) is 27.2. The maximum absolute atomic E-state index is 2.82. The summed E-state index contributed by atoms with van der Waals surface area (Å²) in [6, 6.07) is 0. The summed E-state index contributed by atoms with van der Waals surface area (Å²) in [4.78, 5) is 2.82. The van der Waals surface area contributed by atoms with Crippen LogP contribution in [-0.4, -0.2) is 24.5 Å². The lowest BCUT2D eigenvalue weighted by Gasteiger charge is -2.22. The summed E-state index contributed by atoms with van der Waals surface area (Å²) >= 11 is 0. The van der Waals surface area contributed by atoms with Gasteiger partial charge in [-0.2, -0.15) is 0 Å². The molecule has 0 atom stereocenters. The fourth-order valence-corrected chi connectivity index (χ4v) is 4.87.